The molecule has 0 unspecified atom stereocenters. The maximum Gasteiger partial charge on any atom is 0.255 e. The molecule has 0 aromatic heterocycles. The van der Waals surface area contributed by atoms with Gasteiger partial charge < -0.3 is 5.32 Å². The number of amides is 1. The Morgan fingerprint density at radius 1 is 0.879 bits per heavy atom. The van der Waals surface area contributed by atoms with Crippen LogP contribution in [0.5, 0.6) is 0 Å². The van der Waals surface area contributed by atoms with Gasteiger partial charge in [0.2, 0.25) is 10.0 Å². The van der Waals surface area contributed by atoms with Gasteiger partial charge in [0.25, 0.3) is 5.91 Å². The van der Waals surface area contributed by atoms with Crippen molar-refractivity contribution in [3.05, 3.63) is 71.8 Å². The fraction of sp³-hybridized carbons (Fsp3) is 0.370. The molecule has 1 fully saturated rings. The van der Waals surface area contributed by atoms with E-state index < -0.39 is 15.6 Å². The minimum atomic E-state index is -3.76. The van der Waals surface area contributed by atoms with Gasteiger partial charge >= 0.3 is 0 Å². The first-order chi connectivity index (χ1) is 15.7. The standard InChI is InChI=1S/C27H32N2O3S/c1-19-11-7-8-14-21(19)26(30)28-24-17-18-25(23-16-10-9-15-22(23)24)33(31,32)29-27(2,3)20-12-5-4-6-13-20/h7-11,14-18,20,29H,4-6,12-13H2,1-3H3,(H,28,30). The van der Waals surface area contributed by atoms with Crippen molar-refractivity contribution in [2.24, 2.45) is 5.92 Å². The van der Waals surface area contributed by atoms with Gasteiger partial charge in [-0.05, 0) is 63.3 Å². The monoisotopic (exact) mass is 464 g/mol. The predicted molar refractivity (Wildman–Crippen MR) is 134 cm³/mol. The van der Waals surface area contributed by atoms with E-state index in [2.05, 4.69) is 10.0 Å². The SMILES string of the molecule is Cc1ccccc1C(=O)Nc1ccc(S(=O)(=O)NC(C)(C)C2CCCCC2)c2ccccc12. The zero-order chi connectivity index (χ0) is 23.6. The Balaban J connectivity index is 1.67. The lowest BCUT2D eigenvalue weighted by Crippen LogP contribution is -2.49. The minimum absolute atomic E-state index is 0.217. The van der Waals surface area contributed by atoms with E-state index in [0.29, 0.717) is 27.9 Å². The molecule has 0 aliphatic heterocycles. The highest BCUT2D eigenvalue weighted by Crippen LogP contribution is 2.35. The summed E-state index contributed by atoms with van der Waals surface area (Å²) in [6.45, 7) is 5.86. The summed E-state index contributed by atoms with van der Waals surface area (Å²) >= 11 is 0. The molecule has 4 rings (SSSR count). The number of carbonyl (C=O) groups excluding carboxylic acids is 1. The summed E-state index contributed by atoms with van der Waals surface area (Å²) in [5.74, 6) is 0.102. The Morgan fingerprint density at radius 3 is 2.21 bits per heavy atom. The molecule has 0 atom stereocenters. The third-order valence-electron chi connectivity index (χ3n) is 6.83. The van der Waals surface area contributed by atoms with Gasteiger partial charge in [-0.25, -0.2) is 13.1 Å². The van der Waals surface area contributed by atoms with Crippen LogP contribution in [0.1, 0.15) is 61.9 Å². The molecule has 2 N–H and O–H groups in total. The summed E-state index contributed by atoms with van der Waals surface area (Å²) in [5.41, 5.74) is 1.53. The van der Waals surface area contributed by atoms with Crippen LogP contribution in [0, 0.1) is 12.8 Å². The Hall–Kier alpha value is -2.70. The van der Waals surface area contributed by atoms with Crippen LogP contribution >= 0.6 is 0 Å². The van der Waals surface area contributed by atoms with Crippen LogP contribution < -0.4 is 10.0 Å². The number of aryl methyl sites for hydroxylation is 1. The van der Waals surface area contributed by atoms with Gasteiger partial charge in [-0.3, -0.25) is 4.79 Å². The number of carbonyl (C=O) groups is 1. The Kier molecular flexibility index (Phi) is 6.59. The van der Waals surface area contributed by atoms with Crippen molar-refractivity contribution in [3.63, 3.8) is 0 Å². The van der Waals surface area contributed by atoms with Crippen LogP contribution in [-0.4, -0.2) is 19.9 Å². The van der Waals surface area contributed by atoms with Gasteiger partial charge in [0, 0.05) is 27.6 Å². The minimum Gasteiger partial charge on any atom is -0.321 e. The van der Waals surface area contributed by atoms with Gasteiger partial charge in [0.15, 0.2) is 0 Å². The van der Waals surface area contributed by atoms with Crippen LogP contribution in [0.4, 0.5) is 5.69 Å². The lowest BCUT2D eigenvalue weighted by Gasteiger charge is -2.37. The maximum absolute atomic E-state index is 13.5. The van der Waals surface area contributed by atoms with E-state index in [4.69, 9.17) is 0 Å². The summed E-state index contributed by atoms with van der Waals surface area (Å²) in [6.07, 6.45) is 5.60. The Bertz CT molecular complexity index is 1280. The third kappa shape index (κ3) is 4.97. The molecule has 0 bridgehead atoms. The highest BCUT2D eigenvalue weighted by atomic mass is 32.2. The number of sulfonamides is 1. The van der Waals surface area contributed by atoms with Crippen molar-refractivity contribution in [2.45, 2.75) is 63.3 Å². The van der Waals surface area contributed by atoms with Crippen LogP contribution in [0.2, 0.25) is 0 Å². The number of nitrogens with one attached hydrogen (secondary N) is 2. The smallest absolute Gasteiger partial charge is 0.255 e. The molecule has 3 aromatic carbocycles. The molecule has 6 heteroatoms. The number of anilines is 1. The van der Waals surface area contributed by atoms with E-state index in [-0.39, 0.29) is 10.8 Å². The Labute approximate surface area is 196 Å². The predicted octanol–water partition coefficient (Wildman–Crippen LogP) is 6.04. The highest BCUT2D eigenvalue weighted by Gasteiger charge is 2.35. The van der Waals surface area contributed by atoms with Crippen molar-refractivity contribution in [2.75, 3.05) is 5.32 Å². The molecule has 3 aromatic rings. The van der Waals surface area contributed by atoms with Crippen LogP contribution in [0.3, 0.4) is 0 Å². The molecule has 174 valence electrons. The van der Waals surface area contributed by atoms with Crippen molar-refractivity contribution in [1.82, 2.24) is 4.72 Å². The molecular weight excluding hydrogens is 432 g/mol. The molecule has 0 heterocycles. The van der Waals surface area contributed by atoms with Crippen LogP contribution in [0.15, 0.2) is 65.6 Å². The summed E-state index contributed by atoms with van der Waals surface area (Å²) in [5, 5.41) is 4.25. The molecule has 5 nitrogen and oxygen atoms in total. The fourth-order valence-corrected chi connectivity index (χ4v) is 6.62. The van der Waals surface area contributed by atoms with E-state index in [0.717, 1.165) is 31.2 Å². The summed E-state index contributed by atoms with van der Waals surface area (Å²) in [6, 6.07) is 18.0. The van der Waals surface area contributed by atoms with E-state index in [1.165, 1.54) is 6.42 Å². The van der Waals surface area contributed by atoms with Crippen molar-refractivity contribution in [3.8, 4) is 0 Å². The quantitative estimate of drug-likeness (QED) is 0.467. The number of rotatable bonds is 6. The van der Waals surface area contributed by atoms with Gasteiger partial charge in [0.05, 0.1) is 4.90 Å². The number of hydrogen-bond donors (Lipinski definition) is 2. The van der Waals surface area contributed by atoms with Gasteiger partial charge in [-0.15, -0.1) is 0 Å². The fourth-order valence-electron chi connectivity index (χ4n) is 4.94. The first kappa shape index (κ1) is 23.5. The average Bonchev–Trinajstić information content (AvgIpc) is 2.79. The first-order valence-electron chi connectivity index (χ1n) is 11.6. The van der Waals surface area contributed by atoms with E-state index in [1.807, 2.05) is 57.2 Å². The Morgan fingerprint density at radius 2 is 1.52 bits per heavy atom. The molecule has 1 aliphatic carbocycles. The topological polar surface area (TPSA) is 75.3 Å². The molecule has 1 amide bonds. The zero-order valence-electron chi connectivity index (χ0n) is 19.5. The van der Waals surface area contributed by atoms with Gasteiger partial charge in [0.1, 0.15) is 0 Å². The summed E-state index contributed by atoms with van der Waals surface area (Å²) < 4.78 is 30.0. The highest BCUT2D eigenvalue weighted by molar-refractivity contribution is 7.89. The summed E-state index contributed by atoms with van der Waals surface area (Å²) in [7, 11) is -3.76. The number of benzene rings is 3. The molecular formula is C27H32N2O3S. The van der Waals surface area contributed by atoms with E-state index in [9.17, 15) is 13.2 Å². The summed E-state index contributed by atoms with van der Waals surface area (Å²) in [4.78, 5) is 13.1. The van der Waals surface area contributed by atoms with Crippen molar-refractivity contribution in [1.29, 1.82) is 0 Å². The molecule has 0 radical (unpaired) electrons. The number of hydrogen-bond acceptors (Lipinski definition) is 3. The largest absolute Gasteiger partial charge is 0.321 e. The molecule has 0 spiro atoms. The second-order valence-electron chi connectivity index (χ2n) is 9.59. The molecule has 1 aliphatic rings. The maximum atomic E-state index is 13.5. The normalized spacial score (nSPS) is 15.5. The second-order valence-corrected chi connectivity index (χ2v) is 11.2. The lowest BCUT2D eigenvalue weighted by atomic mass is 9.77. The average molecular weight is 465 g/mol. The molecule has 33 heavy (non-hydrogen) atoms. The van der Waals surface area contributed by atoms with E-state index in [1.54, 1.807) is 24.3 Å². The number of fused-ring (bicyclic) bond motifs is 1. The molecule has 0 saturated heterocycles. The van der Waals surface area contributed by atoms with Crippen LogP contribution in [-0.2, 0) is 10.0 Å². The van der Waals surface area contributed by atoms with Crippen LogP contribution in [0.25, 0.3) is 10.8 Å². The van der Waals surface area contributed by atoms with Crippen molar-refractivity contribution < 1.29 is 13.2 Å². The zero-order valence-corrected chi connectivity index (χ0v) is 20.3. The molecule has 1 saturated carbocycles. The van der Waals surface area contributed by atoms with Gasteiger partial charge in [-0.1, -0.05) is 61.7 Å². The third-order valence-corrected chi connectivity index (χ3v) is 8.56. The first-order valence-corrected chi connectivity index (χ1v) is 13.1. The lowest BCUT2D eigenvalue weighted by molar-refractivity contribution is 0.102. The second kappa shape index (κ2) is 9.27. The van der Waals surface area contributed by atoms with Crippen molar-refractivity contribution >= 4 is 32.4 Å². The van der Waals surface area contributed by atoms with E-state index >= 15 is 0 Å². The van der Waals surface area contributed by atoms with Gasteiger partial charge in [-0.2, -0.15) is 0 Å².